The molecule has 0 saturated carbocycles. The summed E-state index contributed by atoms with van der Waals surface area (Å²) in [5.74, 6) is 0.527. The van der Waals surface area contributed by atoms with Crippen molar-refractivity contribution in [2.75, 3.05) is 12.4 Å². The van der Waals surface area contributed by atoms with E-state index in [1.807, 2.05) is 30.3 Å². The van der Waals surface area contributed by atoms with Gasteiger partial charge in [0.05, 0.1) is 7.11 Å². The molecular weight excluding hydrogens is 403 g/mol. The van der Waals surface area contributed by atoms with E-state index in [0.29, 0.717) is 21.6 Å². The van der Waals surface area contributed by atoms with Crippen molar-refractivity contribution in [1.82, 2.24) is 4.98 Å². The second-order valence-electron chi connectivity index (χ2n) is 5.64. The number of ether oxygens (including phenoxy) is 1. The van der Waals surface area contributed by atoms with Crippen LogP contribution >= 0.6 is 34.5 Å². The first-order chi connectivity index (χ1) is 13.0. The summed E-state index contributed by atoms with van der Waals surface area (Å²) in [4.78, 5) is 17.3. The van der Waals surface area contributed by atoms with Crippen molar-refractivity contribution in [3.8, 4) is 5.75 Å². The van der Waals surface area contributed by atoms with Crippen molar-refractivity contribution in [2.24, 2.45) is 0 Å². The zero-order chi connectivity index (χ0) is 19.2. The SMILES string of the molecule is COc1ccc(/C=C\C(=O)Nc2ncc(Cc3cc(Cl)ccc3Cl)s2)cc1. The minimum atomic E-state index is -0.243. The number of aromatic nitrogens is 1. The molecule has 0 spiro atoms. The summed E-state index contributed by atoms with van der Waals surface area (Å²) in [7, 11) is 1.61. The van der Waals surface area contributed by atoms with Gasteiger partial charge in [0.25, 0.3) is 0 Å². The van der Waals surface area contributed by atoms with Crippen LogP contribution in [0.1, 0.15) is 16.0 Å². The number of halogens is 2. The van der Waals surface area contributed by atoms with Crippen molar-refractivity contribution >= 4 is 51.7 Å². The van der Waals surface area contributed by atoms with Crippen LogP contribution in [0.25, 0.3) is 6.08 Å². The molecule has 0 aliphatic carbocycles. The number of hydrogen-bond acceptors (Lipinski definition) is 4. The van der Waals surface area contributed by atoms with E-state index in [4.69, 9.17) is 27.9 Å². The molecule has 0 aliphatic heterocycles. The van der Waals surface area contributed by atoms with E-state index in [2.05, 4.69) is 10.3 Å². The lowest BCUT2D eigenvalue weighted by atomic mass is 10.1. The van der Waals surface area contributed by atoms with Crippen molar-refractivity contribution in [3.05, 3.63) is 80.8 Å². The third kappa shape index (κ3) is 5.57. The molecule has 4 nitrogen and oxygen atoms in total. The normalized spacial score (nSPS) is 10.9. The molecule has 0 aliphatic rings. The molecule has 3 aromatic rings. The van der Waals surface area contributed by atoms with Gasteiger partial charge in [0, 0.05) is 33.6 Å². The van der Waals surface area contributed by atoms with E-state index < -0.39 is 0 Å². The average Bonchev–Trinajstić information content (AvgIpc) is 3.10. The Hall–Kier alpha value is -2.34. The zero-order valence-electron chi connectivity index (χ0n) is 14.4. The smallest absolute Gasteiger partial charge is 0.250 e. The Morgan fingerprint density at radius 1 is 1.22 bits per heavy atom. The lowest BCUT2D eigenvalue weighted by Crippen LogP contribution is -2.07. The number of thiazole rings is 1. The Balaban J connectivity index is 1.60. The number of carbonyl (C=O) groups is 1. The number of nitrogens with zero attached hydrogens (tertiary/aromatic N) is 1. The second-order valence-corrected chi connectivity index (χ2v) is 7.60. The largest absolute Gasteiger partial charge is 0.497 e. The molecule has 1 N–H and O–H groups in total. The highest BCUT2D eigenvalue weighted by atomic mass is 35.5. The molecule has 0 radical (unpaired) electrons. The highest BCUT2D eigenvalue weighted by Crippen LogP contribution is 2.27. The van der Waals surface area contributed by atoms with Crippen molar-refractivity contribution in [1.29, 1.82) is 0 Å². The van der Waals surface area contributed by atoms with Gasteiger partial charge in [0.15, 0.2) is 5.13 Å². The summed E-state index contributed by atoms with van der Waals surface area (Å²) in [5, 5.41) is 4.59. The van der Waals surface area contributed by atoms with Crippen molar-refractivity contribution < 1.29 is 9.53 Å². The minimum absolute atomic E-state index is 0.243. The minimum Gasteiger partial charge on any atom is -0.497 e. The molecule has 7 heteroatoms. The molecule has 138 valence electrons. The van der Waals surface area contributed by atoms with Crippen molar-refractivity contribution in [2.45, 2.75) is 6.42 Å². The van der Waals surface area contributed by atoms with E-state index in [9.17, 15) is 4.79 Å². The number of benzene rings is 2. The fraction of sp³-hybridized carbons (Fsp3) is 0.100. The van der Waals surface area contributed by atoms with Gasteiger partial charge in [-0.15, -0.1) is 11.3 Å². The van der Waals surface area contributed by atoms with Crippen LogP contribution < -0.4 is 10.1 Å². The van der Waals surface area contributed by atoms with E-state index in [-0.39, 0.29) is 5.91 Å². The first-order valence-electron chi connectivity index (χ1n) is 8.05. The van der Waals surface area contributed by atoms with Crippen LogP contribution in [0, 0.1) is 0 Å². The molecule has 0 saturated heterocycles. The summed E-state index contributed by atoms with van der Waals surface area (Å²) >= 11 is 13.6. The van der Waals surface area contributed by atoms with Gasteiger partial charge in [-0.05, 0) is 47.5 Å². The molecular formula is C20H16Cl2N2O2S. The molecule has 1 heterocycles. The maximum absolute atomic E-state index is 12.1. The van der Waals surface area contributed by atoms with Crippen LogP contribution in [0.5, 0.6) is 5.75 Å². The van der Waals surface area contributed by atoms with Gasteiger partial charge in [-0.3, -0.25) is 10.1 Å². The molecule has 2 aromatic carbocycles. The summed E-state index contributed by atoms with van der Waals surface area (Å²) in [6.45, 7) is 0. The van der Waals surface area contributed by atoms with Gasteiger partial charge >= 0.3 is 0 Å². The Morgan fingerprint density at radius 2 is 2.00 bits per heavy atom. The number of hydrogen-bond donors (Lipinski definition) is 1. The molecule has 1 amide bonds. The maximum Gasteiger partial charge on any atom is 0.250 e. The Bertz CT molecular complexity index is 968. The van der Waals surface area contributed by atoms with E-state index in [1.165, 1.54) is 17.4 Å². The number of rotatable bonds is 6. The average molecular weight is 419 g/mol. The first-order valence-corrected chi connectivity index (χ1v) is 9.62. The molecule has 0 unspecified atom stereocenters. The zero-order valence-corrected chi connectivity index (χ0v) is 16.7. The van der Waals surface area contributed by atoms with Gasteiger partial charge in [0.1, 0.15) is 5.75 Å². The van der Waals surface area contributed by atoms with Gasteiger partial charge in [0.2, 0.25) is 5.91 Å². The third-order valence-electron chi connectivity index (χ3n) is 3.70. The lowest BCUT2D eigenvalue weighted by molar-refractivity contribution is -0.111. The maximum atomic E-state index is 12.1. The topological polar surface area (TPSA) is 51.2 Å². The summed E-state index contributed by atoms with van der Waals surface area (Å²) in [5.41, 5.74) is 1.83. The molecule has 3 rings (SSSR count). The second kappa shape index (κ2) is 9.04. The summed E-state index contributed by atoms with van der Waals surface area (Å²) in [6.07, 6.45) is 5.53. The van der Waals surface area contributed by atoms with Crippen LogP contribution in [0.3, 0.4) is 0 Å². The van der Waals surface area contributed by atoms with Crippen LogP contribution in [0.4, 0.5) is 5.13 Å². The third-order valence-corrected chi connectivity index (χ3v) is 5.22. The van der Waals surface area contributed by atoms with Crippen LogP contribution in [0.15, 0.2) is 54.7 Å². The number of nitrogens with one attached hydrogen (secondary N) is 1. The van der Waals surface area contributed by atoms with Gasteiger partial charge in [-0.25, -0.2) is 4.98 Å². The van der Waals surface area contributed by atoms with Crippen LogP contribution in [0.2, 0.25) is 10.0 Å². The standard InChI is InChI=1S/C20H16Cl2N2O2S/c1-26-16-6-2-13(3-7-16)4-9-19(25)24-20-23-12-17(27-20)11-14-10-15(21)5-8-18(14)22/h2-10,12H,11H2,1H3,(H,23,24,25)/b9-4-. The molecule has 1 aromatic heterocycles. The number of carbonyl (C=O) groups excluding carboxylic acids is 1. The summed E-state index contributed by atoms with van der Waals surface area (Å²) in [6, 6.07) is 12.8. The van der Waals surface area contributed by atoms with Crippen LogP contribution in [-0.2, 0) is 11.2 Å². The van der Waals surface area contributed by atoms with E-state index in [0.717, 1.165) is 21.8 Å². The Kier molecular flexibility index (Phi) is 6.50. The fourth-order valence-electron chi connectivity index (χ4n) is 2.35. The predicted octanol–water partition coefficient (Wildman–Crippen LogP) is 5.70. The fourth-order valence-corrected chi connectivity index (χ4v) is 3.57. The lowest BCUT2D eigenvalue weighted by Gasteiger charge is -2.02. The Labute approximate surface area is 171 Å². The van der Waals surface area contributed by atoms with Crippen molar-refractivity contribution in [3.63, 3.8) is 0 Å². The number of methoxy groups -OCH3 is 1. The van der Waals surface area contributed by atoms with Crippen LogP contribution in [-0.4, -0.2) is 18.0 Å². The number of amides is 1. The molecule has 0 atom stereocenters. The van der Waals surface area contributed by atoms with E-state index in [1.54, 1.807) is 31.5 Å². The highest BCUT2D eigenvalue weighted by molar-refractivity contribution is 7.15. The molecule has 0 fully saturated rings. The predicted molar refractivity (Wildman–Crippen MR) is 112 cm³/mol. The summed E-state index contributed by atoms with van der Waals surface area (Å²) < 4.78 is 5.11. The highest BCUT2D eigenvalue weighted by Gasteiger charge is 2.08. The monoisotopic (exact) mass is 418 g/mol. The molecule has 27 heavy (non-hydrogen) atoms. The first kappa shape index (κ1) is 19.4. The molecule has 0 bridgehead atoms. The quantitative estimate of drug-likeness (QED) is 0.522. The van der Waals surface area contributed by atoms with Gasteiger partial charge in [-0.1, -0.05) is 35.3 Å². The number of anilines is 1. The van der Waals surface area contributed by atoms with Gasteiger partial charge < -0.3 is 4.74 Å². The van der Waals surface area contributed by atoms with Gasteiger partial charge in [-0.2, -0.15) is 0 Å². The van der Waals surface area contributed by atoms with E-state index >= 15 is 0 Å². The Morgan fingerprint density at radius 3 is 2.74 bits per heavy atom.